The number of nitrogens with zero attached hydrogens (tertiary/aromatic N) is 2. The monoisotopic (exact) mass is 342 g/mol. The highest BCUT2D eigenvalue weighted by Gasteiger charge is 2.17. The van der Waals surface area contributed by atoms with Gasteiger partial charge in [0.05, 0.1) is 15.9 Å². The molecule has 3 nitrogen and oxygen atoms in total. The summed E-state index contributed by atoms with van der Waals surface area (Å²) in [7, 11) is 1.73. The molecule has 0 aliphatic heterocycles. The smallest absolute Gasteiger partial charge is 0.143 e. The van der Waals surface area contributed by atoms with Crippen molar-refractivity contribution in [2.45, 2.75) is 19.8 Å². The van der Waals surface area contributed by atoms with E-state index in [4.69, 9.17) is 0 Å². The van der Waals surface area contributed by atoms with Crippen molar-refractivity contribution < 1.29 is 13.6 Å². The van der Waals surface area contributed by atoms with Gasteiger partial charge in [-0.15, -0.1) is 0 Å². The molecule has 0 bridgehead atoms. The van der Waals surface area contributed by atoms with Crippen molar-refractivity contribution in [3.8, 4) is 0 Å². The Morgan fingerprint density at radius 3 is 2.40 bits per heavy atom. The van der Waals surface area contributed by atoms with Crippen LogP contribution in [0.4, 0.5) is 8.78 Å². The van der Waals surface area contributed by atoms with Gasteiger partial charge in [-0.05, 0) is 35.0 Å². The zero-order valence-electron chi connectivity index (χ0n) is 11.1. The molecule has 0 spiro atoms. The van der Waals surface area contributed by atoms with Crippen molar-refractivity contribution in [3.63, 3.8) is 0 Å². The first kappa shape index (κ1) is 14.8. The zero-order valence-corrected chi connectivity index (χ0v) is 12.7. The third kappa shape index (κ3) is 2.95. The number of aryl methyl sites for hydroxylation is 2. The standard InChI is InChI=1S/C14H13BrF2N2O/c1-8-14(15)13(19(2)18-8)7-9(20)6-10-11(16)4-3-5-12(10)17/h3-5H,6-7H2,1-2H3. The molecule has 1 heterocycles. The first-order chi connectivity index (χ1) is 9.40. The highest BCUT2D eigenvalue weighted by atomic mass is 79.9. The lowest BCUT2D eigenvalue weighted by Crippen LogP contribution is -2.12. The minimum absolute atomic E-state index is 0.0751. The Bertz CT molecular complexity index is 647. The highest BCUT2D eigenvalue weighted by Crippen LogP contribution is 2.22. The fourth-order valence-electron chi connectivity index (χ4n) is 2.02. The molecule has 1 aromatic heterocycles. The van der Waals surface area contributed by atoms with Gasteiger partial charge in [0.2, 0.25) is 0 Å². The van der Waals surface area contributed by atoms with Gasteiger partial charge in [-0.3, -0.25) is 9.48 Å². The number of Topliss-reactive ketones (excluding diaryl/α,β-unsaturated/α-hetero) is 1. The van der Waals surface area contributed by atoms with E-state index in [1.807, 2.05) is 6.92 Å². The fraction of sp³-hybridized carbons (Fsp3) is 0.286. The Morgan fingerprint density at radius 1 is 1.30 bits per heavy atom. The summed E-state index contributed by atoms with van der Waals surface area (Å²) in [6.45, 7) is 1.81. The fourth-order valence-corrected chi connectivity index (χ4v) is 2.50. The maximum absolute atomic E-state index is 13.5. The second-order valence-electron chi connectivity index (χ2n) is 4.56. The van der Waals surface area contributed by atoms with E-state index < -0.39 is 11.6 Å². The van der Waals surface area contributed by atoms with E-state index in [1.54, 1.807) is 11.7 Å². The van der Waals surface area contributed by atoms with E-state index in [-0.39, 0.29) is 24.2 Å². The van der Waals surface area contributed by atoms with Crippen molar-refractivity contribution in [2.24, 2.45) is 7.05 Å². The molecule has 0 saturated heterocycles. The van der Waals surface area contributed by atoms with Crippen LogP contribution in [-0.2, 0) is 24.7 Å². The van der Waals surface area contributed by atoms with Gasteiger partial charge < -0.3 is 0 Å². The van der Waals surface area contributed by atoms with Gasteiger partial charge in [0.25, 0.3) is 0 Å². The number of aromatic nitrogens is 2. The molecule has 0 amide bonds. The molecule has 20 heavy (non-hydrogen) atoms. The van der Waals surface area contributed by atoms with Crippen LogP contribution in [0.5, 0.6) is 0 Å². The summed E-state index contributed by atoms with van der Waals surface area (Å²) in [6, 6.07) is 3.57. The van der Waals surface area contributed by atoms with Crippen LogP contribution in [0, 0.1) is 18.6 Å². The van der Waals surface area contributed by atoms with E-state index in [9.17, 15) is 13.6 Å². The number of carbonyl (C=O) groups is 1. The first-order valence-electron chi connectivity index (χ1n) is 6.02. The first-order valence-corrected chi connectivity index (χ1v) is 6.82. The summed E-state index contributed by atoms with van der Waals surface area (Å²) in [5, 5.41) is 4.18. The molecule has 0 radical (unpaired) electrons. The minimum Gasteiger partial charge on any atom is -0.299 e. The molecule has 0 atom stereocenters. The highest BCUT2D eigenvalue weighted by molar-refractivity contribution is 9.10. The summed E-state index contributed by atoms with van der Waals surface area (Å²) in [5.41, 5.74) is 1.28. The van der Waals surface area contributed by atoms with Crippen LogP contribution in [0.15, 0.2) is 22.7 Å². The zero-order chi connectivity index (χ0) is 14.9. The molecule has 0 unspecified atom stereocenters. The Morgan fingerprint density at radius 2 is 1.90 bits per heavy atom. The average molecular weight is 343 g/mol. The van der Waals surface area contributed by atoms with E-state index in [0.29, 0.717) is 5.69 Å². The summed E-state index contributed by atoms with van der Waals surface area (Å²) >= 11 is 3.36. The SMILES string of the molecule is Cc1nn(C)c(CC(=O)Cc2c(F)cccc2F)c1Br. The van der Waals surface area contributed by atoms with Crippen molar-refractivity contribution in [1.29, 1.82) is 0 Å². The van der Waals surface area contributed by atoms with Gasteiger partial charge in [-0.2, -0.15) is 5.10 Å². The van der Waals surface area contributed by atoms with Crippen molar-refractivity contribution in [3.05, 3.63) is 51.3 Å². The molecule has 106 valence electrons. The molecule has 0 saturated carbocycles. The van der Waals surface area contributed by atoms with E-state index >= 15 is 0 Å². The summed E-state index contributed by atoms with van der Waals surface area (Å²) in [6.07, 6.45) is -0.194. The normalized spacial score (nSPS) is 10.8. The van der Waals surface area contributed by atoms with Crippen molar-refractivity contribution >= 4 is 21.7 Å². The third-order valence-electron chi connectivity index (χ3n) is 3.06. The molecule has 6 heteroatoms. The molecule has 0 N–H and O–H groups in total. The number of carbonyl (C=O) groups excluding carboxylic acids is 1. The van der Waals surface area contributed by atoms with Gasteiger partial charge in [-0.25, -0.2) is 8.78 Å². The van der Waals surface area contributed by atoms with Crippen LogP contribution in [0.1, 0.15) is 17.0 Å². The predicted octanol–water partition coefficient (Wildman–Crippen LogP) is 3.12. The third-order valence-corrected chi connectivity index (χ3v) is 4.09. The van der Waals surface area contributed by atoms with Gasteiger partial charge in [0.1, 0.15) is 17.4 Å². The van der Waals surface area contributed by atoms with Crippen molar-refractivity contribution in [1.82, 2.24) is 9.78 Å². The quantitative estimate of drug-likeness (QED) is 0.855. The Labute approximate surface area is 123 Å². The summed E-state index contributed by atoms with van der Waals surface area (Å²) in [4.78, 5) is 12.0. The van der Waals surface area contributed by atoms with Crippen LogP contribution < -0.4 is 0 Å². The average Bonchev–Trinajstić information content (AvgIpc) is 2.61. The summed E-state index contributed by atoms with van der Waals surface area (Å²) < 4.78 is 29.3. The van der Waals surface area contributed by atoms with Crippen LogP contribution in [-0.4, -0.2) is 15.6 Å². The summed E-state index contributed by atoms with van der Waals surface area (Å²) in [5.74, 6) is -1.66. The van der Waals surface area contributed by atoms with Gasteiger partial charge in [-0.1, -0.05) is 6.07 Å². The largest absolute Gasteiger partial charge is 0.299 e. The van der Waals surface area contributed by atoms with E-state index in [2.05, 4.69) is 21.0 Å². The van der Waals surface area contributed by atoms with Gasteiger partial charge in [0, 0.05) is 25.5 Å². The molecule has 0 aliphatic carbocycles. The molecule has 2 aromatic rings. The number of halogens is 3. The number of hydrogen-bond acceptors (Lipinski definition) is 2. The minimum atomic E-state index is -0.696. The molecular weight excluding hydrogens is 330 g/mol. The lowest BCUT2D eigenvalue weighted by Gasteiger charge is -2.05. The second kappa shape index (κ2) is 5.83. The molecule has 0 fully saturated rings. The number of ketones is 1. The van der Waals surface area contributed by atoms with Gasteiger partial charge in [0.15, 0.2) is 0 Å². The van der Waals surface area contributed by atoms with Crippen LogP contribution in [0.25, 0.3) is 0 Å². The van der Waals surface area contributed by atoms with E-state index in [1.165, 1.54) is 6.07 Å². The predicted molar refractivity (Wildman–Crippen MR) is 74.4 cm³/mol. The maximum Gasteiger partial charge on any atom is 0.143 e. The second-order valence-corrected chi connectivity index (χ2v) is 5.36. The number of hydrogen-bond donors (Lipinski definition) is 0. The lowest BCUT2D eigenvalue weighted by molar-refractivity contribution is -0.118. The Hall–Kier alpha value is -1.56. The number of benzene rings is 1. The van der Waals surface area contributed by atoms with Crippen LogP contribution in [0.2, 0.25) is 0 Å². The molecule has 1 aromatic carbocycles. The lowest BCUT2D eigenvalue weighted by atomic mass is 10.0. The van der Waals surface area contributed by atoms with Crippen LogP contribution >= 0.6 is 15.9 Å². The Kier molecular flexibility index (Phi) is 4.32. The molecular formula is C14H13BrF2N2O. The molecule has 0 aliphatic rings. The van der Waals surface area contributed by atoms with Gasteiger partial charge >= 0.3 is 0 Å². The maximum atomic E-state index is 13.5. The van der Waals surface area contributed by atoms with Crippen LogP contribution in [0.3, 0.4) is 0 Å². The van der Waals surface area contributed by atoms with Crippen molar-refractivity contribution in [2.75, 3.05) is 0 Å². The van der Waals surface area contributed by atoms with E-state index in [0.717, 1.165) is 22.3 Å². The number of rotatable bonds is 4. The Balaban J connectivity index is 2.18. The molecule has 2 rings (SSSR count). The topological polar surface area (TPSA) is 34.9 Å².